The molecular formula is C13H21N3OS. The summed E-state index contributed by atoms with van der Waals surface area (Å²) in [6, 6.07) is 1.80. The molecule has 4 nitrogen and oxygen atoms in total. The second-order valence-electron chi connectivity index (χ2n) is 4.66. The Morgan fingerprint density at radius 3 is 2.94 bits per heavy atom. The van der Waals surface area contributed by atoms with Crippen LogP contribution in [-0.2, 0) is 0 Å². The summed E-state index contributed by atoms with van der Waals surface area (Å²) in [6.45, 7) is 3.72. The molecule has 1 aromatic heterocycles. The van der Waals surface area contributed by atoms with Gasteiger partial charge in [-0.25, -0.2) is 4.98 Å². The third kappa shape index (κ3) is 3.28. The molecule has 0 atom stereocenters. The van der Waals surface area contributed by atoms with Crippen LogP contribution in [-0.4, -0.2) is 34.1 Å². The molecule has 1 heterocycles. The maximum absolute atomic E-state index is 5.50. The summed E-state index contributed by atoms with van der Waals surface area (Å²) in [5.41, 5.74) is 0. The fraction of sp³-hybridized carbons (Fsp3) is 0.692. The van der Waals surface area contributed by atoms with Crippen molar-refractivity contribution in [3.8, 4) is 5.88 Å². The highest BCUT2D eigenvalue weighted by Gasteiger charge is 2.35. The maximum atomic E-state index is 5.50. The van der Waals surface area contributed by atoms with Gasteiger partial charge in [0.2, 0.25) is 11.8 Å². The summed E-state index contributed by atoms with van der Waals surface area (Å²) in [5, 5.41) is 3.33. The van der Waals surface area contributed by atoms with Crippen molar-refractivity contribution in [2.45, 2.75) is 37.4 Å². The Morgan fingerprint density at radius 2 is 2.33 bits per heavy atom. The quantitative estimate of drug-likeness (QED) is 0.823. The van der Waals surface area contributed by atoms with Crippen molar-refractivity contribution in [1.82, 2.24) is 9.97 Å². The summed E-state index contributed by atoms with van der Waals surface area (Å²) >= 11 is 1.95. The molecule has 18 heavy (non-hydrogen) atoms. The largest absolute Gasteiger partial charge is 0.478 e. The molecule has 1 fully saturated rings. The van der Waals surface area contributed by atoms with Gasteiger partial charge >= 0.3 is 0 Å². The molecule has 1 aliphatic carbocycles. The van der Waals surface area contributed by atoms with Gasteiger partial charge in [0.1, 0.15) is 0 Å². The van der Waals surface area contributed by atoms with Crippen LogP contribution >= 0.6 is 11.8 Å². The van der Waals surface area contributed by atoms with Gasteiger partial charge in [-0.15, -0.1) is 0 Å². The van der Waals surface area contributed by atoms with Crippen LogP contribution in [0.5, 0.6) is 5.88 Å². The van der Waals surface area contributed by atoms with Crippen molar-refractivity contribution in [3.63, 3.8) is 0 Å². The number of thioether (sulfide) groups is 1. The lowest BCUT2D eigenvalue weighted by Gasteiger charge is -2.40. The third-order valence-corrected chi connectivity index (χ3v) is 4.77. The zero-order valence-corrected chi connectivity index (χ0v) is 11.9. The van der Waals surface area contributed by atoms with Gasteiger partial charge in [-0.05, 0) is 25.5 Å². The Bertz CT molecular complexity index is 377. The van der Waals surface area contributed by atoms with Crippen molar-refractivity contribution in [2.24, 2.45) is 0 Å². The SMILES string of the molecule is CCCOc1ccnc(NCC2(SC)CCC2)n1. The second-order valence-corrected chi connectivity index (χ2v) is 5.94. The molecule has 0 unspecified atom stereocenters. The highest BCUT2D eigenvalue weighted by Crippen LogP contribution is 2.42. The minimum absolute atomic E-state index is 0.393. The molecule has 1 saturated carbocycles. The summed E-state index contributed by atoms with van der Waals surface area (Å²) in [5.74, 6) is 1.32. The van der Waals surface area contributed by atoms with E-state index in [1.807, 2.05) is 11.8 Å². The van der Waals surface area contributed by atoms with Crippen LogP contribution in [0.15, 0.2) is 12.3 Å². The zero-order chi connectivity index (χ0) is 12.8. The molecule has 0 saturated heterocycles. The first-order chi connectivity index (χ1) is 8.78. The van der Waals surface area contributed by atoms with Gasteiger partial charge in [-0.1, -0.05) is 13.3 Å². The normalized spacial score (nSPS) is 17.0. The van der Waals surface area contributed by atoms with Crippen molar-refractivity contribution >= 4 is 17.7 Å². The van der Waals surface area contributed by atoms with Crippen LogP contribution < -0.4 is 10.1 Å². The Morgan fingerprint density at radius 1 is 1.50 bits per heavy atom. The fourth-order valence-corrected chi connectivity index (χ4v) is 2.89. The molecule has 1 N–H and O–H groups in total. The molecule has 0 spiro atoms. The highest BCUT2D eigenvalue weighted by molar-refractivity contribution is 8.00. The predicted octanol–water partition coefficient (Wildman–Crippen LogP) is 2.96. The molecule has 1 aliphatic rings. The molecule has 0 radical (unpaired) electrons. The molecule has 1 aromatic rings. The Balaban J connectivity index is 1.88. The molecule has 0 bridgehead atoms. The number of rotatable bonds is 7. The number of hydrogen-bond acceptors (Lipinski definition) is 5. The van der Waals surface area contributed by atoms with Crippen LogP contribution in [0.2, 0.25) is 0 Å². The van der Waals surface area contributed by atoms with Gasteiger partial charge in [0.25, 0.3) is 0 Å². The van der Waals surface area contributed by atoms with E-state index >= 15 is 0 Å². The summed E-state index contributed by atoms with van der Waals surface area (Å²) in [6.07, 6.45) is 8.82. The lowest BCUT2D eigenvalue weighted by molar-refractivity contribution is 0.305. The lowest BCUT2D eigenvalue weighted by Crippen LogP contribution is -2.40. The number of ether oxygens (including phenoxy) is 1. The molecule has 100 valence electrons. The van der Waals surface area contributed by atoms with Crippen LogP contribution in [0.25, 0.3) is 0 Å². The number of anilines is 1. The van der Waals surface area contributed by atoms with E-state index < -0.39 is 0 Å². The second kappa shape index (κ2) is 6.27. The van der Waals surface area contributed by atoms with Crippen molar-refractivity contribution < 1.29 is 4.74 Å². The van der Waals surface area contributed by atoms with Crippen LogP contribution in [0, 0.1) is 0 Å². The first-order valence-corrected chi connectivity index (χ1v) is 7.75. The molecular weight excluding hydrogens is 246 g/mol. The standard InChI is InChI=1S/C13H21N3OS/c1-3-9-17-11-5-8-14-12(16-11)15-10-13(18-2)6-4-7-13/h5,8H,3-4,6-7,9-10H2,1-2H3,(H,14,15,16). The fourth-order valence-electron chi connectivity index (χ4n) is 1.98. The number of nitrogens with zero attached hydrogens (tertiary/aromatic N) is 2. The van der Waals surface area contributed by atoms with Gasteiger partial charge in [-0.2, -0.15) is 16.7 Å². The Kier molecular flexibility index (Phi) is 4.69. The monoisotopic (exact) mass is 267 g/mol. The van der Waals surface area contributed by atoms with Crippen molar-refractivity contribution in [1.29, 1.82) is 0 Å². The summed E-state index contributed by atoms with van der Waals surface area (Å²) < 4.78 is 5.89. The average Bonchev–Trinajstić information content (AvgIpc) is 2.36. The lowest BCUT2D eigenvalue weighted by atomic mass is 9.84. The van der Waals surface area contributed by atoms with Crippen LogP contribution in [0.1, 0.15) is 32.6 Å². The van der Waals surface area contributed by atoms with E-state index in [4.69, 9.17) is 4.74 Å². The van der Waals surface area contributed by atoms with E-state index in [9.17, 15) is 0 Å². The van der Waals surface area contributed by atoms with E-state index in [1.54, 1.807) is 12.3 Å². The number of nitrogens with one attached hydrogen (secondary N) is 1. The zero-order valence-electron chi connectivity index (χ0n) is 11.1. The summed E-state index contributed by atoms with van der Waals surface area (Å²) in [4.78, 5) is 8.58. The van der Waals surface area contributed by atoms with Gasteiger partial charge < -0.3 is 10.1 Å². The van der Waals surface area contributed by atoms with Crippen molar-refractivity contribution in [3.05, 3.63) is 12.3 Å². The van der Waals surface area contributed by atoms with Gasteiger partial charge in [0.05, 0.1) is 6.61 Å². The number of hydrogen-bond donors (Lipinski definition) is 1. The third-order valence-electron chi connectivity index (χ3n) is 3.35. The first-order valence-electron chi connectivity index (χ1n) is 6.53. The van der Waals surface area contributed by atoms with Gasteiger partial charge in [0.15, 0.2) is 0 Å². The molecule has 0 aliphatic heterocycles. The minimum Gasteiger partial charge on any atom is -0.478 e. The van der Waals surface area contributed by atoms with E-state index in [0.717, 1.165) is 13.0 Å². The Labute approximate surface area is 113 Å². The van der Waals surface area contributed by atoms with Crippen LogP contribution in [0.3, 0.4) is 0 Å². The smallest absolute Gasteiger partial charge is 0.225 e. The van der Waals surface area contributed by atoms with E-state index in [-0.39, 0.29) is 0 Å². The van der Waals surface area contributed by atoms with E-state index in [1.165, 1.54) is 19.3 Å². The van der Waals surface area contributed by atoms with Crippen LogP contribution in [0.4, 0.5) is 5.95 Å². The topological polar surface area (TPSA) is 47.0 Å². The van der Waals surface area contributed by atoms with E-state index in [2.05, 4.69) is 28.5 Å². The molecule has 0 aromatic carbocycles. The molecule has 2 rings (SSSR count). The predicted molar refractivity (Wildman–Crippen MR) is 76.4 cm³/mol. The molecule has 0 amide bonds. The van der Waals surface area contributed by atoms with E-state index in [0.29, 0.717) is 23.2 Å². The number of aromatic nitrogens is 2. The highest BCUT2D eigenvalue weighted by atomic mass is 32.2. The van der Waals surface area contributed by atoms with Gasteiger partial charge in [0, 0.05) is 23.6 Å². The summed E-state index contributed by atoms with van der Waals surface area (Å²) in [7, 11) is 0. The first kappa shape index (κ1) is 13.5. The Hall–Kier alpha value is -0.970. The molecule has 5 heteroatoms. The maximum Gasteiger partial charge on any atom is 0.225 e. The minimum atomic E-state index is 0.393. The van der Waals surface area contributed by atoms with Gasteiger partial charge in [-0.3, -0.25) is 0 Å². The van der Waals surface area contributed by atoms with Crippen molar-refractivity contribution in [2.75, 3.05) is 24.7 Å². The average molecular weight is 267 g/mol.